The maximum absolute atomic E-state index is 6.19. The molecule has 2 N–H and O–H groups in total. The van der Waals surface area contributed by atoms with E-state index in [1.165, 1.54) is 31.2 Å². The third-order valence-electron chi connectivity index (χ3n) is 5.15. The zero-order valence-electron chi connectivity index (χ0n) is 13.1. The van der Waals surface area contributed by atoms with Gasteiger partial charge in [0.25, 0.3) is 0 Å². The van der Waals surface area contributed by atoms with E-state index in [0.717, 1.165) is 32.0 Å². The predicted octanol–water partition coefficient (Wildman–Crippen LogP) is 3.46. The molecule has 0 heterocycles. The van der Waals surface area contributed by atoms with Crippen LogP contribution in [-0.4, -0.2) is 30.1 Å². The zero-order chi connectivity index (χ0) is 14.4. The summed E-state index contributed by atoms with van der Waals surface area (Å²) in [7, 11) is 0. The summed E-state index contributed by atoms with van der Waals surface area (Å²) in [5.74, 6) is 0.877. The Kier molecular flexibility index (Phi) is 5.62. The highest BCUT2D eigenvalue weighted by Gasteiger charge is 2.37. The minimum absolute atomic E-state index is 0.260. The number of hydrogen-bond acceptors (Lipinski definition) is 2. The molecule has 0 atom stereocenters. The van der Waals surface area contributed by atoms with Crippen molar-refractivity contribution in [2.45, 2.75) is 51.5 Å². The lowest BCUT2D eigenvalue weighted by molar-refractivity contribution is 0.0500. The molecule has 1 saturated carbocycles. The molecule has 1 aliphatic rings. The van der Waals surface area contributed by atoms with Crippen molar-refractivity contribution in [3.8, 4) is 0 Å². The first-order valence-electron chi connectivity index (χ1n) is 8.19. The summed E-state index contributed by atoms with van der Waals surface area (Å²) in [4.78, 5) is 2.64. The number of rotatable bonds is 6. The van der Waals surface area contributed by atoms with Crippen LogP contribution in [0.15, 0.2) is 30.3 Å². The summed E-state index contributed by atoms with van der Waals surface area (Å²) in [6, 6.07) is 10.8. The van der Waals surface area contributed by atoms with Crippen LogP contribution in [0.4, 0.5) is 0 Å². The molecule has 0 amide bonds. The van der Waals surface area contributed by atoms with E-state index in [-0.39, 0.29) is 5.54 Å². The molecule has 20 heavy (non-hydrogen) atoms. The topological polar surface area (TPSA) is 29.3 Å². The van der Waals surface area contributed by atoms with Crippen molar-refractivity contribution >= 4 is 0 Å². The number of nitrogens with two attached hydrogens (primary N) is 1. The lowest BCUT2D eigenvalue weighted by atomic mass is 9.76. The molecular weight excluding hydrogens is 244 g/mol. The van der Waals surface area contributed by atoms with Crippen LogP contribution in [-0.2, 0) is 6.42 Å². The fraction of sp³-hybridized carbons (Fsp3) is 0.667. The van der Waals surface area contributed by atoms with Gasteiger partial charge < -0.3 is 5.73 Å². The number of benzene rings is 1. The first-order valence-corrected chi connectivity index (χ1v) is 8.19. The van der Waals surface area contributed by atoms with Gasteiger partial charge in [0.05, 0.1) is 0 Å². The quantitative estimate of drug-likeness (QED) is 0.861. The largest absolute Gasteiger partial charge is 0.329 e. The summed E-state index contributed by atoms with van der Waals surface area (Å²) in [5, 5.41) is 0. The van der Waals surface area contributed by atoms with Gasteiger partial charge in [-0.3, -0.25) is 4.90 Å². The molecule has 0 aliphatic heterocycles. The van der Waals surface area contributed by atoms with Crippen molar-refractivity contribution in [1.29, 1.82) is 0 Å². The molecule has 2 nitrogen and oxygen atoms in total. The average molecular weight is 274 g/mol. The minimum atomic E-state index is 0.260. The Morgan fingerprint density at radius 1 is 1.20 bits per heavy atom. The van der Waals surface area contributed by atoms with Crippen LogP contribution >= 0.6 is 0 Å². The van der Waals surface area contributed by atoms with Crippen molar-refractivity contribution in [1.82, 2.24) is 4.90 Å². The minimum Gasteiger partial charge on any atom is -0.329 e. The second kappa shape index (κ2) is 7.24. The molecule has 0 saturated heterocycles. The van der Waals surface area contributed by atoms with E-state index in [1.54, 1.807) is 0 Å². The fourth-order valence-electron chi connectivity index (χ4n) is 3.59. The predicted molar refractivity (Wildman–Crippen MR) is 86.8 cm³/mol. The second-order valence-electron chi connectivity index (χ2n) is 6.43. The van der Waals surface area contributed by atoms with E-state index < -0.39 is 0 Å². The molecule has 1 aromatic carbocycles. The molecule has 1 aromatic rings. The lowest BCUT2D eigenvalue weighted by Gasteiger charge is -2.47. The molecule has 2 rings (SSSR count). The molecule has 112 valence electrons. The Labute approximate surface area is 124 Å². The van der Waals surface area contributed by atoms with E-state index in [2.05, 4.69) is 49.1 Å². The van der Waals surface area contributed by atoms with Gasteiger partial charge in [-0.1, -0.05) is 44.2 Å². The van der Waals surface area contributed by atoms with Crippen LogP contribution in [0.25, 0.3) is 0 Å². The SMILES string of the molecule is CCN(CCc1ccccc1)C1(CN)CCC(C)CC1. The first kappa shape index (κ1) is 15.5. The molecular formula is C18H30N2. The summed E-state index contributed by atoms with van der Waals surface area (Å²) < 4.78 is 0. The Balaban J connectivity index is 1.98. The molecule has 1 aliphatic carbocycles. The molecule has 0 aromatic heterocycles. The van der Waals surface area contributed by atoms with Crippen LogP contribution in [0, 0.1) is 5.92 Å². The summed E-state index contributed by atoms with van der Waals surface area (Å²) in [6.07, 6.45) is 6.34. The molecule has 2 heteroatoms. The van der Waals surface area contributed by atoms with Crippen molar-refractivity contribution in [2.75, 3.05) is 19.6 Å². The molecule has 0 spiro atoms. The smallest absolute Gasteiger partial charge is 0.0331 e. The monoisotopic (exact) mass is 274 g/mol. The van der Waals surface area contributed by atoms with Crippen LogP contribution in [0.3, 0.4) is 0 Å². The van der Waals surface area contributed by atoms with Gasteiger partial charge in [-0.25, -0.2) is 0 Å². The van der Waals surface area contributed by atoms with Gasteiger partial charge in [0, 0.05) is 18.6 Å². The summed E-state index contributed by atoms with van der Waals surface area (Å²) >= 11 is 0. The van der Waals surface area contributed by atoms with E-state index in [1.807, 2.05) is 0 Å². The van der Waals surface area contributed by atoms with E-state index in [9.17, 15) is 0 Å². The normalized spacial score (nSPS) is 26.9. The standard InChI is InChI=1S/C18H30N2/c1-3-20(14-11-17-7-5-4-6-8-17)18(15-19)12-9-16(2)10-13-18/h4-8,16H,3,9-15,19H2,1-2H3. The molecule has 0 unspecified atom stereocenters. The van der Waals surface area contributed by atoms with Crippen LogP contribution in [0.1, 0.15) is 45.1 Å². The Bertz CT molecular complexity index is 380. The maximum Gasteiger partial charge on any atom is 0.0331 e. The summed E-state index contributed by atoms with van der Waals surface area (Å²) in [6.45, 7) is 7.70. The summed E-state index contributed by atoms with van der Waals surface area (Å²) in [5.41, 5.74) is 7.88. The maximum atomic E-state index is 6.19. The number of likely N-dealkylation sites (N-methyl/N-ethyl adjacent to an activating group) is 1. The highest BCUT2D eigenvalue weighted by atomic mass is 15.2. The van der Waals surface area contributed by atoms with Crippen molar-refractivity contribution in [2.24, 2.45) is 11.7 Å². The zero-order valence-corrected chi connectivity index (χ0v) is 13.1. The van der Waals surface area contributed by atoms with E-state index >= 15 is 0 Å². The van der Waals surface area contributed by atoms with Crippen LogP contribution in [0.2, 0.25) is 0 Å². The Morgan fingerprint density at radius 3 is 2.40 bits per heavy atom. The third-order valence-corrected chi connectivity index (χ3v) is 5.15. The van der Waals surface area contributed by atoms with E-state index in [4.69, 9.17) is 5.73 Å². The van der Waals surface area contributed by atoms with Crippen molar-refractivity contribution in [3.05, 3.63) is 35.9 Å². The van der Waals surface area contributed by atoms with Gasteiger partial charge in [-0.2, -0.15) is 0 Å². The van der Waals surface area contributed by atoms with E-state index in [0.29, 0.717) is 0 Å². The van der Waals surface area contributed by atoms with Gasteiger partial charge >= 0.3 is 0 Å². The highest BCUT2D eigenvalue weighted by Crippen LogP contribution is 2.35. The Hall–Kier alpha value is -0.860. The van der Waals surface area contributed by atoms with Gasteiger partial charge in [-0.15, -0.1) is 0 Å². The number of nitrogens with zero attached hydrogens (tertiary/aromatic N) is 1. The first-order chi connectivity index (χ1) is 9.70. The average Bonchev–Trinajstić information content (AvgIpc) is 2.51. The van der Waals surface area contributed by atoms with Gasteiger partial charge in [0.1, 0.15) is 0 Å². The number of hydrogen-bond donors (Lipinski definition) is 1. The van der Waals surface area contributed by atoms with Crippen molar-refractivity contribution < 1.29 is 0 Å². The second-order valence-corrected chi connectivity index (χ2v) is 6.43. The van der Waals surface area contributed by atoms with Gasteiger partial charge in [0.15, 0.2) is 0 Å². The fourth-order valence-corrected chi connectivity index (χ4v) is 3.59. The molecule has 0 radical (unpaired) electrons. The molecule has 1 fully saturated rings. The van der Waals surface area contributed by atoms with Gasteiger partial charge in [-0.05, 0) is 50.1 Å². The van der Waals surface area contributed by atoms with Crippen LogP contribution in [0.5, 0.6) is 0 Å². The van der Waals surface area contributed by atoms with Crippen LogP contribution < -0.4 is 5.73 Å². The lowest BCUT2D eigenvalue weighted by Crippen LogP contribution is -2.56. The molecule has 0 bridgehead atoms. The third kappa shape index (κ3) is 3.62. The van der Waals surface area contributed by atoms with Gasteiger partial charge in [0.2, 0.25) is 0 Å². The van der Waals surface area contributed by atoms with Crippen molar-refractivity contribution in [3.63, 3.8) is 0 Å². The highest BCUT2D eigenvalue weighted by molar-refractivity contribution is 5.15. The Morgan fingerprint density at radius 2 is 1.85 bits per heavy atom.